The van der Waals surface area contributed by atoms with Crippen LogP contribution >= 0.6 is 12.2 Å². The van der Waals surface area contributed by atoms with E-state index in [9.17, 15) is 13.2 Å². The number of rotatable bonds is 3. The summed E-state index contributed by atoms with van der Waals surface area (Å²) in [6, 6.07) is 5.28. The van der Waals surface area contributed by atoms with E-state index < -0.39 is 6.36 Å². The van der Waals surface area contributed by atoms with Crippen LogP contribution in [0, 0.1) is 0 Å². The molecule has 0 unspecified atom stereocenters. The van der Waals surface area contributed by atoms with Gasteiger partial charge in [-0.25, -0.2) is 5.01 Å². The Morgan fingerprint density at radius 3 is 2.22 bits per heavy atom. The van der Waals surface area contributed by atoms with Gasteiger partial charge in [-0.05, 0) is 36.5 Å². The summed E-state index contributed by atoms with van der Waals surface area (Å²) < 4.78 is 39.5. The van der Waals surface area contributed by atoms with Gasteiger partial charge < -0.3 is 10.1 Å². The lowest BCUT2D eigenvalue weighted by Crippen LogP contribution is -2.38. The van der Waals surface area contributed by atoms with Gasteiger partial charge in [0.1, 0.15) is 5.75 Å². The van der Waals surface area contributed by atoms with Crippen LogP contribution in [-0.2, 0) is 0 Å². The van der Waals surface area contributed by atoms with Gasteiger partial charge in [0.2, 0.25) is 0 Å². The van der Waals surface area contributed by atoms with E-state index >= 15 is 0 Å². The summed E-state index contributed by atoms with van der Waals surface area (Å²) in [5, 5.41) is 4.78. The second-order valence-electron chi connectivity index (χ2n) is 3.53. The predicted octanol–water partition coefficient (Wildman–Crippen LogP) is 2.35. The molecular weight excluding hydrogens is 267 g/mol. The van der Waals surface area contributed by atoms with Gasteiger partial charge in [-0.2, -0.15) is 0 Å². The number of halogens is 3. The number of hydrogen-bond donors (Lipinski definition) is 2. The van der Waals surface area contributed by atoms with Crippen LogP contribution in [0.15, 0.2) is 24.3 Å². The third-order valence-corrected chi connectivity index (χ3v) is 1.86. The van der Waals surface area contributed by atoms with Crippen molar-refractivity contribution in [2.75, 3.05) is 19.4 Å². The number of benzene rings is 1. The highest BCUT2D eigenvalue weighted by molar-refractivity contribution is 7.80. The Bertz CT molecular complexity index is 406. The monoisotopic (exact) mass is 279 g/mol. The average Bonchev–Trinajstić information content (AvgIpc) is 2.17. The van der Waals surface area contributed by atoms with Gasteiger partial charge in [-0.1, -0.05) is 0 Å². The Morgan fingerprint density at radius 2 is 1.78 bits per heavy atom. The molecule has 2 N–H and O–H groups in total. The molecule has 0 heterocycles. The molecule has 0 fully saturated rings. The van der Waals surface area contributed by atoms with Crippen molar-refractivity contribution >= 4 is 23.0 Å². The average molecular weight is 279 g/mol. The van der Waals surface area contributed by atoms with Crippen molar-refractivity contribution in [3.05, 3.63) is 24.3 Å². The van der Waals surface area contributed by atoms with E-state index in [0.717, 1.165) is 0 Å². The lowest BCUT2D eigenvalue weighted by atomic mass is 10.3. The zero-order valence-electron chi connectivity index (χ0n) is 9.71. The summed E-state index contributed by atoms with van der Waals surface area (Å²) in [6.45, 7) is 0. The number of hydrazine groups is 1. The molecule has 0 bridgehead atoms. The van der Waals surface area contributed by atoms with Gasteiger partial charge in [-0.3, -0.25) is 5.43 Å². The first-order valence-corrected chi connectivity index (χ1v) is 5.28. The minimum Gasteiger partial charge on any atom is -0.406 e. The number of alkyl halides is 3. The zero-order chi connectivity index (χ0) is 13.8. The van der Waals surface area contributed by atoms with E-state index in [0.29, 0.717) is 10.8 Å². The van der Waals surface area contributed by atoms with E-state index in [1.807, 2.05) is 0 Å². The van der Waals surface area contributed by atoms with Crippen LogP contribution in [0.2, 0.25) is 0 Å². The van der Waals surface area contributed by atoms with Crippen molar-refractivity contribution in [1.82, 2.24) is 10.4 Å². The molecule has 4 nitrogen and oxygen atoms in total. The summed E-state index contributed by atoms with van der Waals surface area (Å²) in [7, 11) is 3.52. The largest absolute Gasteiger partial charge is 0.573 e. The molecule has 0 aliphatic rings. The van der Waals surface area contributed by atoms with Crippen LogP contribution in [-0.4, -0.2) is 30.6 Å². The number of nitrogens with zero attached hydrogens (tertiary/aromatic N) is 1. The van der Waals surface area contributed by atoms with Crippen molar-refractivity contribution in [3.63, 3.8) is 0 Å². The maximum absolute atomic E-state index is 11.9. The Morgan fingerprint density at radius 1 is 1.22 bits per heavy atom. The molecular formula is C10H12F3N3OS. The molecule has 8 heteroatoms. The summed E-state index contributed by atoms with van der Waals surface area (Å²) >= 11 is 4.96. The first-order chi connectivity index (χ1) is 8.26. The van der Waals surface area contributed by atoms with Crippen molar-refractivity contribution in [3.8, 4) is 5.75 Å². The van der Waals surface area contributed by atoms with E-state index in [4.69, 9.17) is 12.2 Å². The highest BCUT2D eigenvalue weighted by Gasteiger charge is 2.30. The van der Waals surface area contributed by atoms with Gasteiger partial charge in [0, 0.05) is 19.8 Å². The predicted molar refractivity (Wildman–Crippen MR) is 66.2 cm³/mol. The first kappa shape index (κ1) is 14.5. The summed E-state index contributed by atoms with van der Waals surface area (Å²) in [5.74, 6) is -0.278. The van der Waals surface area contributed by atoms with Crippen LogP contribution in [0.25, 0.3) is 0 Å². The van der Waals surface area contributed by atoms with Crippen molar-refractivity contribution in [2.45, 2.75) is 6.36 Å². The summed E-state index contributed by atoms with van der Waals surface area (Å²) in [4.78, 5) is 0. The van der Waals surface area contributed by atoms with E-state index in [-0.39, 0.29) is 5.75 Å². The molecule has 0 atom stereocenters. The van der Waals surface area contributed by atoms with Crippen LogP contribution in [0.4, 0.5) is 18.9 Å². The molecule has 0 aliphatic carbocycles. The van der Waals surface area contributed by atoms with Crippen LogP contribution < -0.4 is 15.5 Å². The standard InChI is InChI=1S/C10H12F3N3OS/c1-16(2)15-9(18)14-7-3-5-8(6-4-7)17-10(11,12)13/h3-6H,1-2H3,(H2,14,15,18). The zero-order valence-corrected chi connectivity index (χ0v) is 10.5. The molecule has 1 aromatic carbocycles. The first-order valence-electron chi connectivity index (χ1n) is 4.87. The third kappa shape index (κ3) is 5.69. The smallest absolute Gasteiger partial charge is 0.406 e. The Hall–Kier alpha value is -1.54. The van der Waals surface area contributed by atoms with Gasteiger partial charge in [0.15, 0.2) is 5.11 Å². The van der Waals surface area contributed by atoms with Crippen LogP contribution in [0.5, 0.6) is 5.75 Å². The number of anilines is 1. The molecule has 1 aromatic rings. The Kier molecular flexibility index (Phi) is 4.74. The molecule has 0 saturated carbocycles. The second-order valence-corrected chi connectivity index (χ2v) is 3.94. The molecule has 0 saturated heterocycles. The molecule has 1 rings (SSSR count). The molecule has 18 heavy (non-hydrogen) atoms. The topological polar surface area (TPSA) is 36.5 Å². The van der Waals surface area contributed by atoms with E-state index in [1.165, 1.54) is 24.3 Å². The highest BCUT2D eigenvalue weighted by Crippen LogP contribution is 2.23. The van der Waals surface area contributed by atoms with Gasteiger partial charge in [-0.15, -0.1) is 13.2 Å². The normalized spacial score (nSPS) is 11.2. The summed E-state index contributed by atoms with van der Waals surface area (Å²) in [5.41, 5.74) is 3.35. The highest BCUT2D eigenvalue weighted by atomic mass is 32.1. The minimum absolute atomic E-state index is 0.278. The lowest BCUT2D eigenvalue weighted by Gasteiger charge is -2.15. The Labute approximate surface area is 108 Å². The summed E-state index contributed by atoms with van der Waals surface area (Å²) in [6.07, 6.45) is -4.68. The van der Waals surface area contributed by atoms with Crippen LogP contribution in [0.1, 0.15) is 0 Å². The molecule has 0 aliphatic heterocycles. The van der Waals surface area contributed by atoms with E-state index in [2.05, 4.69) is 15.5 Å². The van der Waals surface area contributed by atoms with Gasteiger partial charge in [0.25, 0.3) is 0 Å². The maximum Gasteiger partial charge on any atom is 0.573 e. The quantitative estimate of drug-likeness (QED) is 0.656. The second kappa shape index (κ2) is 5.87. The molecule has 100 valence electrons. The molecule has 0 amide bonds. The fraction of sp³-hybridized carbons (Fsp3) is 0.300. The van der Waals surface area contributed by atoms with Crippen LogP contribution in [0.3, 0.4) is 0 Å². The molecule has 0 radical (unpaired) electrons. The lowest BCUT2D eigenvalue weighted by molar-refractivity contribution is -0.274. The third-order valence-electron chi connectivity index (χ3n) is 1.67. The molecule has 0 spiro atoms. The van der Waals surface area contributed by atoms with Gasteiger partial charge in [0.05, 0.1) is 0 Å². The fourth-order valence-corrected chi connectivity index (χ4v) is 1.40. The van der Waals surface area contributed by atoms with Crippen molar-refractivity contribution in [2.24, 2.45) is 0 Å². The van der Waals surface area contributed by atoms with Crippen molar-refractivity contribution < 1.29 is 17.9 Å². The van der Waals surface area contributed by atoms with Gasteiger partial charge >= 0.3 is 6.36 Å². The molecule has 0 aromatic heterocycles. The number of ether oxygens (including phenoxy) is 1. The Balaban J connectivity index is 2.58. The fourth-order valence-electron chi connectivity index (χ4n) is 1.10. The number of nitrogens with one attached hydrogen (secondary N) is 2. The van der Waals surface area contributed by atoms with Crippen molar-refractivity contribution in [1.29, 1.82) is 0 Å². The SMILES string of the molecule is CN(C)NC(=S)Nc1ccc(OC(F)(F)F)cc1. The number of thiocarbonyl (C=S) groups is 1. The van der Waals surface area contributed by atoms with E-state index in [1.54, 1.807) is 19.1 Å². The maximum atomic E-state index is 11.9. The minimum atomic E-state index is -4.68. The number of hydrogen-bond acceptors (Lipinski definition) is 3.